The number of carbonyl (C=O) groups excluding carboxylic acids is 2. The van der Waals surface area contributed by atoms with Crippen LogP contribution < -0.4 is 0 Å². The second kappa shape index (κ2) is 6.70. The van der Waals surface area contributed by atoms with E-state index in [1.54, 1.807) is 6.07 Å². The van der Waals surface area contributed by atoms with Crippen LogP contribution in [0.15, 0.2) is 12.2 Å². The summed E-state index contributed by atoms with van der Waals surface area (Å²) in [6, 6.07) is 1.73. The molecule has 0 aliphatic heterocycles. The lowest BCUT2D eigenvalue weighted by Gasteiger charge is -2.16. The third kappa shape index (κ3) is 3.81. The number of Topliss-reactive ketones (excluding diaryl/α,β-unsaturated/α-hetero) is 1. The molecule has 1 aliphatic rings. The lowest BCUT2D eigenvalue weighted by Crippen LogP contribution is -2.28. The van der Waals surface area contributed by atoms with Crippen LogP contribution in [0.1, 0.15) is 26.2 Å². The van der Waals surface area contributed by atoms with E-state index in [1.165, 1.54) is 6.92 Å². The Morgan fingerprint density at radius 3 is 2.78 bits per heavy atom. The van der Waals surface area contributed by atoms with Crippen molar-refractivity contribution >= 4 is 17.5 Å². The van der Waals surface area contributed by atoms with E-state index in [4.69, 9.17) is 15.4 Å². The molecule has 0 spiro atoms. The number of ether oxygens (including phenoxy) is 1. The molecule has 0 amide bonds. The van der Waals surface area contributed by atoms with Crippen LogP contribution >= 0.6 is 0 Å². The maximum Gasteiger partial charge on any atom is 0.309 e. The summed E-state index contributed by atoms with van der Waals surface area (Å²) in [7, 11) is 0. The third-order valence-corrected chi connectivity index (χ3v) is 2.84. The van der Waals surface area contributed by atoms with Gasteiger partial charge >= 0.3 is 5.97 Å². The van der Waals surface area contributed by atoms with Crippen molar-refractivity contribution in [3.8, 4) is 6.07 Å². The van der Waals surface area contributed by atoms with Gasteiger partial charge in [-0.15, -0.1) is 0 Å². The first-order valence-electron chi connectivity index (χ1n) is 5.85. The molecule has 18 heavy (non-hydrogen) atoms. The van der Waals surface area contributed by atoms with Gasteiger partial charge in [0, 0.05) is 5.71 Å². The van der Waals surface area contributed by atoms with Crippen molar-refractivity contribution in [2.24, 2.45) is 11.8 Å². The van der Waals surface area contributed by atoms with Crippen molar-refractivity contribution in [1.82, 2.24) is 0 Å². The highest BCUT2D eigenvalue weighted by molar-refractivity contribution is 6.06. The van der Waals surface area contributed by atoms with Gasteiger partial charge in [-0.25, -0.2) is 0 Å². The second-order valence-corrected chi connectivity index (χ2v) is 4.30. The van der Waals surface area contributed by atoms with Crippen LogP contribution in [0.3, 0.4) is 0 Å². The Morgan fingerprint density at radius 2 is 2.28 bits per heavy atom. The SMILES string of the molecule is CC(=N)C(C#N)C(=O)COC(=O)[C@@H]1CC=CCC1. The number of hydrogen-bond acceptors (Lipinski definition) is 5. The second-order valence-electron chi connectivity index (χ2n) is 4.30. The van der Waals surface area contributed by atoms with Crippen LogP contribution in [0.4, 0.5) is 0 Å². The number of ketones is 1. The van der Waals surface area contributed by atoms with Gasteiger partial charge in [0.2, 0.25) is 0 Å². The molecule has 5 heteroatoms. The summed E-state index contributed by atoms with van der Waals surface area (Å²) in [4.78, 5) is 23.2. The van der Waals surface area contributed by atoms with Gasteiger partial charge in [0.25, 0.3) is 0 Å². The highest BCUT2D eigenvalue weighted by atomic mass is 16.5. The first kappa shape index (κ1) is 14.1. The Bertz CT molecular complexity index is 420. The summed E-state index contributed by atoms with van der Waals surface area (Å²) in [6.45, 7) is 0.965. The molecule has 0 heterocycles. The van der Waals surface area contributed by atoms with Gasteiger partial charge in [0.1, 0.15) is 5.92 Å². The van der Waals surface area contributed by atoms with Crippen LogP contribution in [0.5, 0.6) is 0 Å². The maximum absolute atomic E-state index is 11.6. The smallest absolute Gasteiger partial charge is 0.309 e. The highest BCUT2D eigenvalue weighted by Crippen LogP contribution is 2.19. The fraction of sp³-hybridized carbons (Fsp3) is 0.538. The summed E-state index contributed by atoms with van der Waals surface area (Å²) < 4.78 is 4.91. The largest absolute Gasteiger partial charge is 0.457 e. The van der Waals surface area contributed by atoms with Crippen molar-refractivity contribution in [2.75, 3.05) is 6.61 Å². The van der Waals surface area contributed by atoms with Crippen molar-refractivity contribution in [1.29, 1.82) is 10.7 Å². The molecule has 0 bridgehead atoms. The molecule has 1 unspecified atom stereocenters. The molecule has 0 saturated carbocycles. The van der Waals surface area contributed by atoms with Gasteiger partial charge in [-0.1, -0.05) is 12.2 Å². The van der Waals surface area contributed by atoms with Crippen molar-refractivity contribution < 1.29 is 14.3 Å². The number of nitrogens with zero attached hydrogens (tertiary/aromatic N) is 1. The zero-order valence-corrected chi connectivity index (χ0v) is 10.3. The third-order valence-electron chi connectivity index (χ3n) is 2.84. The Kier molecular flexibility index (Phi) is 5.25. The normalized spacial score (nSPS) is 19.7. The van der Waals surface area contributed by atoms with Crippen LogP contribution in [0.2, 0.25) is 0 Å². The first-order valence-corrected chi connectivity index (χ1v) is 5.85. The number of rotatable bonds is 5. The van der Waals surface area contributed by atoms with E-state index in [0.29, 0.717) is 6.42 Å². The van der Waals surface area contributed by atoms with E-state index in [1.807, 2.05) is 12.2 Å². The first-order chi connectivity index (χ1) is 8.56. The minimum absolute atomic E-state index is 0.0286. The van der Waals surface area contributed by atoms with Crippen LogP contribution in [0.25, 0.3) is 0 Å². The lowest BCUT2D eigenvalue weighted by molar-refractivity contribution is -0.152. The molecule has 1 rings (SSSR count). The fourth-order valence-electron chi connectivity index (χ4n) is 1.76. The number of esters is 1. The monoisotopic (exact) mass is 248 g/mol. The summed E-state index contributed by atoms with van der Waals surface area (Å²) in [6.07, 6.45) is 6.15. The van der Waals surface area contributed by atoms with E-state index in [-0.39, 0.29) is 11.6 Å². The van der Waals surface area contributed by atoms with E-state index < -0.39 is 24.3 Å². The Labute approximate surface area is 106 Å². The van der Waals surface area contributed by atoms with Crippen LogP contribution in [-0.2, 0) is 14.3 Å². The van der Waals surface area contributed by atoms with Crippen molar-refractivity contribution in [2.45, 2.75) is 26.2 Å². The van der Waals surface area contributed by atoms with E-state index in [0.717, 1.165) is 12.8 Å². The summed E-state index contributed by atoms with van der Waals surface area (Å²) in [5, 5.41) is 16.0. The zero-order valence-electron chi connectivity index (χ0n) is 10.3. The molecule has 96 valence electrons. The van der Waals surface area contributed by atoms with Crippen molar-refractivity contribution in [3.63, 3.8) is 0 Å². The standard InChI is InChI=1S/C13H16N2O3/c1-9(15)11(7-14)12(16)8-18-13(17)10-5-3-2-4-6-10/h2-3,10-11,15H,4-6,8H2,1H3/t10-,11?/m1/s1. The van der Waals surface area contributed by atoms with Gasteiger partial charge in [0.15, 0.2) is 12.4 Å². The Morgan fingerprint density at radius 1 is 1.56 bits per heavy atom. The van der Waals surface area contributed by atoms with Gasteiger partial charge in [-0.3, -0.25) is 9.59 Å². The quantitative estimate of drug-likeness (QED) is 0.455. The number of allylic oxidation sites excluding steroid dienone is 2. The Balaban J connectivity index is 2.43. The lowest BCUT2D eigenvalue weighted by atomic mass is 9.94. The van der Waals surface area contributed by atoms with E-state index >= 15 is 0 Å². The van der Waals surface area contributed by atoms with Gasteiger partial charge < -0.3 is 10.1 Å². The predicted molar refractivity (Wildman–Crippen MR) is 65.0 cm³/mol. The summed E-state index contributed by atoms with van der Waals surface area (Å²) >= 11 is 0. The van der Waals surface area contributed by atoms with Gasteiger partial charge in [-0.2, -0.15) is 5.26 Å². The van der Waals surface area contributed by atoms with Gasteiger partial charge in [-0.05, 0) is 26.2 Å². The maximum atomic E-state index is 11.6. The number of nitrogens with one attached hydrogen (secondary N) is 1. The Hall–Kier alpha value is -1.96. The topological polar surface area (TPSA) is 91.0 Å². The molecule has 0 aromatic rings. The fourth-order valence-corrected chi connectivity index (χ4v) is 1.76. The number of hydrogen-bond donors (Lipinski definition) is 1. The predicted octanol–water partition coefficient (Wildman–Crippen LogP) is 1.63. The van der Waals surface area contributed by atoms with Crippen molar-refractivity contribution in [3.05, 3.63) is 12.2 Å². The highest BCUT2D eigenvalue weighted by Gasteiger charge is 2.24. The van der Waals surface area contributed by atoms with Crippen LogP contribution in [0, 0.1) is 28.6 Å². The minimum atomic E-state index is -1.11. The number of nitriles is 1. The van der Waals surface area contributed by atoms with Gasteiger partial charge in [0.05, 0.1) is 12.0 Å². The molecule has 2 atom stereocenters. The molecule has 1 N–H and O–H groups in total. The van der Waals surface area contributed by atoms with E-state index in [2.05, 4.69) is 0 Å². The number of carbonyl (C=O) groups is 2. The molecule has 0 aromatic carbocycles. The molecule has 0 aromatic heterocycles. The molecule has 0 saturated heterocycles. The van der Waals surface area contributed by atoms with Crippen LogP contribution in [-0.4, -0.2) is 24.1 Å². The molecule has 1 aliphatic carbocycles. The average molecular weight is 248 g/mol. The molecule has 0 radical (unpaired) electrons. The molecule has 5 nitrogen and oxygen atoms in total. The summed E-state index contributed by atoms with van der Waals surface area (Å²) in [5.41, 5.74) is -0.0286. The molecular weight excluding hydrogens is 232 g/mol. The average Bonchev–Trinajstić information content (AvgIpc) is 2.37. The minimum Gasteiger partial charge on any atom is -0.457 e. The molecule has 0 fully saturated rings. The molecular formula is C13H16N2O3. The zero-order chi connectivity index (χ0) is 13.5. The van der Waals surface area contributed by atoms with E-state index in [9.17, 15) is 9.59 Å². The summed E-state index contributed by atoms with van der Waals surface area (Å²) in [5.74, 6) is -2.23.